The van der Waals surface area contributed by atoms with Crippen molar-refractivity contribution in [2.24, 2.45) is 5.92 Å². The van der Waals surface area contributed by atoms with Gasteiger partial charge in [0, 0.05) is 0 Å². The van der Waals surface area contributed by atoms with Gasteiger partial charge in [-0.15, -0.1) is 0 Å². The highest BCUT2D eigenvalue weighted by Gasteiger charge is 2.38. The molecule has 88 valence electrons. The van der Waals surface area contributed by atoms with Crippen LogP contribution in [0.3, 0.4) is 0 Å². The molecule has 17 heavy (non-hydrogen) atoms. The van der Waals surface area contributed by atoms with E-state index in [1.165, 1.54) is 44.9 Å². The average Bonchev–Trinajstić information content (AvgIpc) is 2.56. The Morgan fingerprint density at radius 2 is 1.82 bits per heavy atom. The monoisotopic (exact) mass is 224 g/mol. The van der Waals surface area contributed by atoms with Crippen molar-refractivity contribution in [3.05, 3.63) is 41.0 Å². The Kier molecular flexibility index (Phi) is 2.18. The summed E-state index contributed by atoms with van der Waals surface area (Å²) < 4.78 is 0. The third-order valence-corrected chi connectivity index (χ3v) is 5.05. The van der Waals surface area contributed by atoms with E-state index in [2.05, 4.69) is 24.3 Å². The zero-order chi connectivity index (χ0) is 11.2. The summed E-state index contributed by atoms with van der Waals surface area (Å²) in [6.07, 6.45) is 12.3. The minimum absolute atomic E-state index is 0.864. The summed E-state index contributed by atoms with van der Waals surface area (Å²) in [5.74, 6) is 1.74. The van der Waals surface area contributed by atoms with Gasteiger partial charge < -0.3 is 0 Å². The van der Waals surface area contributed by atoms with Crippen LogP contribution in [0.15, 0.2) is 24.3 Å². The van der Waals surface area contributed by atoms with Gasteiger partial charge in [-0.2, -0.15) is 0 Å². The molecule has 1 aromatic carbocycles. The average molecular weight is 224 g/mol. The molecule has 1 saturated carbocycles. The summed E-state index contributed by atoms with van der Waals surface area (Å²) >= 11 is 0. The fourth-order valence-corrected chi connectivity index (χ4v) is 4.35. The molecule has 0 aliphatic heterocycles. The van der Waals surface area contributed by atoms with Crippen LogP contribution in [0, 0.1) is 5.92 Å². The molecule has 0 spiro atoms. The first kappa shape index (κ1) is 9.94. The van der Waals surface area contributed by atoms with Crippen molar-refractivity contribution >= 4 is 5.57 Å². The molecule has 2 unspecified atom stereocenters. The van der Waals surface area contributed by atoms with Crippen LogP contribution in [-0.2, 0) is 6.42 Å². The predicted octanol–water partition coefficient (Wildman–Crippen LogP) is 4.69. The van der Waals surface area contributed by atoms with Gasteiger partial charge in [0.25, 0.3) is 0 Å². The molecule has 1 aromatic rings. The highest BCUT2D eigenvalue weighted by atomic mass is 14.4. The molecule has 3 aliphatic rings. The molecule has 0 nitrogen and oxygen atoms in total. The highest BCUT2D eigenvalue weighted by molar-refractivity contribution is 5.79. The Labute approximate surface area is 104 Å². The standard InChI is InChI=1S/C17H20/c1-2-10-15-13-8-3-4-9-14(13)16-11-5-7-12(6-1)17(15)16/h5,7,10-11,13-14H,1-4,6,8-9H2. The summed E-state index contributed by atoms with van der Waals surface area (Å²) in [5, 5.41) is 0. The van der Waals surface area contributed by atoms with Crippen LogP contribution < -0.4 is 0 Å². The Bertz CT molecular complexity index is 481. The molecule has 1 fully saturated rings. The second-order valence-corrected chi connectivity index (χ2v) is 5.93. The number of allylic oxidation sites excluding steroid dienone is 2. The van der Waals surface area contributed by atoms with Crippen LogP contribution in [0.5, 0.6) is 0 Å². The number of benzene rings is 1. The number of rotatable bonds is 0. The smallest absolute Gasteiger partial charge is 0.00868 e. The van der Waals surface area contributed by atoms with Crippen molar-refractivity contribution in [3.63, 3.8) is 0 Å². The fraction of sp³-hybridized carbons (Fsp3) is 0.529. The molecule has 4 rings (SSSR count). The zero-order valence-electron chi connectivity index (χ0n) is 10.4. The second kappa shape index (κ2) is 3.73. The number of hydrogen-bond donors (Lipinski definition) is 0. The van der Waals surface area contributed by atoms with Crippen molar-refractivity contribution in [2.75, 3.05) is 0 Å². The number of hydrogen-bond acceptors (Lipinski definition) is 0. The molecule has 0 aromatic heterocycles. The van der Waals surface area contributed by atoms with Gasteiger partial charge in [-0.05, 0) is 66.2 Å². The van der Waals surface area contributed by atoms with Gasteiger partial charge in [0.1, 0.15) is 0 Å². The molecular weight excluding hydrogens is 204 g/mol. The van der Waals surface area contributed by atoms with E-state index < -0.39 is 0 Å². The van der Waals surface area contributed by atoms with Crippen LogP contribution in [0.1, 0.15) is 61.1 Å². The lowest BCUT2D eigenvalue weighted by molar-refractivity contribution is 0.385. The summed E-state index contributed by atoms with van der Waals surface area (Å²) in [4.78, 5) is 0. The van der Waals surface area contributed by atoms with E-state index in [-0.39, 0.29) is 0 Å². The largest absolute Gasteiger partial charge is 0.0804 e. The van der Waals surface area contributed by atoms with E-state index in [1.807, 2.05) is 0 Å². The van der Waals surface area contributed by atoms with E-state index >= 15 is 0 Å². The van der Waals surface area contributed by atoms with E-state index in [0.29, 0.717) is 0 Å². The van der Waals surface area contributed by atoms with Crippen molar-refractivity contribution in [1.82, 2.24) is 0 Å². The lowest BCUT2D eigenvalue weighted by Crippen LogP contribution is -2.12. The zero-order valence-corrected chi connectivity index (χ0v) is 10.4. The molecule has 3 aliphatic carbocycles. The molecule has 0 N–H and O–H groups in total. The minimum Gasteiger partial charge on any atom is -0.0804 e. The Morgan fingerprint density at radius 3 is 2.76 bits per heavy atom. The third-order valence-electron chi connectivity index (χ3n) is 5.05. The van der Waals surface area contributed by atoms with E-state index in [9.17, 15) is 0 Å². The Morgan fingerprint density at radius 1 is 0.941 bits per heavy atom. The number of aryl methyl sites for hydroxylation is 1. The molecule has 0 heteroatoms. The highest BCUT2D eigenvalue weighted by Crippen LogP contribution is 2.54. The fourth-order valence-electron chi connectivity index (χ4n) is 4.35. The topological polar surface area (TPSA) is 0 Å². The van der Waals surface area contributed by atoms with Gasteiger partial charge in [0.2, 0.25) is 0 Å². The summed E-state index contributed by atoms with van der Waals surface area (Å²) in [7, 11) is 0. The quantitative estimate of drug-likeness (QED) is 0.599. The minimum atomic E-state index is 0.864. The van der Waals surface area contributed by atoms with E-state index in [1.54, 1.807) is 22.3 Å². The normalized spacial score (nSPS) is 30.2. The van der Waals surface area contributed by atoms with Crippen molar-refractivity contribution in [2.45, 2.75) is 50.9 Å². The maximum Gasteiger partial charge on any atom is -0.00868 e. The summed E-state index contributed by atoms with van der Waals surface area (Å²) in [6, 6.07) is 7.08. The predicted molar refractivity (Wildman–Crippen MR) is 72.1 cm³/mol. The van der Waals surface area contributed by atoms with Gasteiger partial charge in [-0.25, -0.2) is 0 Å². The van der Waals surface area contributed by atoms with Crippen molar-refractivity contribution in [1.29, 1.82) is 0 Å². The van der Waals surface area contributed by atoms with Crippen LogP contribution in [0.2, 0.25) is 0 Å². The molecule has 0 heterocycles. The first-order chi connectivity index (χ1) is 8.45. The number of fused-ring (bicyclic) bond motifs is 3. The van der Waals surface area contributed by atoms with Gasteiger partial charge in [0.05, 0.1) is 0 Å². The molecule has 0 amide bonds. The maximum atomic E-state index is 2.57. The molecule has 0 saturated heterocycles. The van der Waals surface area contributed by atoms with Crippen LogP contribution in [0.25, 0.3) is 5.57 Å². The summed E-state index contributed by atoms with van der Waals surface area (Å²) in [6.45, 7) is 0. The lowest BCUT2D eigenvalue weighted by atomic mass is 9.78. The summed E-state index contributed by atoms with van der Waals surface area (Å²) in [5.41, 5.74) is 6.75. The van der Waals surface area contributed by atoms with Gasteiger partial charge in [-0.3, -0.25) is 0 Å². The van der Waals surface area contributed by atoms with Crippen molar-refractivity contribution < 1.29 is 0 Å². The van der Waals surface area contributed by atoms with Gasteiger partial charge in [0.15, 0.2) is 0 Å². The van der Waals surface area contributed by atoms with Crippen LogP contribution >= 0.6 is 0 Å². The molecule has 2 atom stereocenters. The van der Waals surface area contributed by atoms with Crippen molar-refractivity contribution in [3.8, 4) is 0 Å². The second-order valence-electron chi connectivity index (χ2n) is 5.93. The SMILES string of the molecule is C1=C2c3c(cccc3C3CCCCC23)CCC1. The molecule has 0 bridgehead atoms. The van der Waals surface area contributed by atoms with Gasteiger partial charge >= 0.3 is 0 Å². The van der Waals surface area contributed by atoms with E-state index in [0.717, 1.165) is 11.8 Å². The first-order valence-corrected chi connectivity index (χ1v) is 7.27. The van der Waals surface area contributed by atoms with Crippen LogP contribution in [0.4, 0.5) is 0 Å². The Hall–Kier alpha value is -1.04. The lowest BCUT2D eigenvalue weighted by Gasteiger charge is -2.26. The molecule has 0 radical (unpaired) electrons. The van der Waals surface area contributed by atoms with E-state index in [4.69, 9.17) is 0 Å². The van der Waals surface area contributed by atoms with Crippen LogP contribution in [-0.4, -0.2) is 0 Å². The third kappa shape index (κ3) is 1.36. The first-order valence-electron chi connectivity index (χ1n) is 7.27. The maximum absolute atomic E-state index is 2.57. The Balaban J connectivity index is 1.94. The van der Waals surface area contributed by atoms with Gasteiger partial charge in [-0.1, -0.05) is 37.1 Å². The molecular formula is C17H20.